The average molecular weight is 390 g/mol. The molecule has 0 spiro atoms. The number of benzene rings is 2. The van der Waals surface area contributed by atoms with Gasteiger partial charge in [0.05, 0.1) is 0 Å². The zero-order chi connectivity index (χ0) is 18.7. The Bertz CT molecular complexity index is 817. The third kappa shape index (κ3) is 5.26. The van der Waals surface area contributed by atoms with Gasteiger partial charge in [-0.1, -0.05) is 37.3 Å². The van der Waals surface area contributed by atoms with Crippen molar-refractivity contribution in [1.82, 2.24) is 0 Å². The van der Waals surface area contributed by atoms with Crippen LogP contribution >= 0.6 is 11.8 Å². The topological polar surface area (TPSA) is 57.2 Å². The van der Waals surface area contributed by atoms with E-state index in [0.717, 1.165) is 41.5 Å². The van der Waals surface area contributed by atoms with Crippen LogP contribution in [0.1, 0.15) is 43.2 Å². The first kappa shape index (κ1) is 22.2. The van der Waals surface area contributed by atoms with E-state index in [4.69, 9.17) is 0 Å². The van der Waals surface area contributed by atoms with Crippen LogP contribution in [0.2, 0.25) is 0 Å². The summed E-state index contributed by atoms with van der Waals surface area (Å²) in [5.74, 6) is -1.31. The van der Waals surface area contributed by atoms with Crippen molar-refractivity contribution in [3.8, 4) is 11.1 Å². The molecule has 1 aliphatic carbocycles. The van der Waals surface area contributed by atoms with Gasteiger partial charge in [-0.3, -0.25) is 4.79 Å². The molecule has 0 amide bonds. The van der Waals surface area contributed by atoms with Crippen molar-refractivity contribution in [1.29, 1.82) is 0 Å². The number of hydrogen-bond acceptors (Lipinski definition) is 4. The Balaban J connectivity index is 0.00000261. The number of aliphatic carboxylic acids is 1. The Morgan fingerprint density at radius 3 is 2.48 bits per heavy atom. The Kier molecular flexibility index (Phi) is 8.17. The normalized spacial score (nSPS) is 17.4. The van der Waals surface area contributed by atoms with Crippen molar-refractivity contribution in [3.63, 3.8) is 0 Å². The SMILES string of the molecule is CSc1ccc(-c2cc(C(C)C(=O)[O-])ccc2CC2CCCC2=O)cc1.[Na+]. The van der Waals surface area contributed by atoms with E-state index in [2.05, 4.69) is 24.3 Å². The van der Waals surface area contributed by atoms with E-state index < -0.39 is 11.9 Å². The van der Waals surface area contributed by atoms with Crippen LogP contribution in [0.5, 0.6) is 0 Å². The molecule has 2 aromatic rings. The molecule has 1 fully saturated rings. The molecule has 1 aliphatic rings. The molecule has 0 bridgehead atoms. The summed E-state index contributed by atoms with van der Waals surface area (Å²) in [5, 5.41) is 11.3. The van der Waals surface area contributed by atoms with Gasteiger partial charge < -0.3 is 9.90 Å². The Morgan fingerprint density at radius 2 is 1.93 bits per heavy atom. The van der Waals surface area contributed by atoms with Gasteiger partial charge in [0.25, 0.3) is 0 Å². The molecule has 0 radical (unpaired) electrons. The van der Waals surface area contributed by atoms with Gasteiger partial charge in [-0.05, 0) is 59.9 Å². The number of rotatable bonds is 6. The van der Waals surface area contributed by atoms with Crippen LogP contribution in [-0.2, 0) is 16.0 Å². The van der Waals surface area contributed by atoms with Crippen molar-refractivity contribution >= 4 is 23.5 Å². The molecule has 1 saturated carbocycles. The number of hydrogen-bond donors (Lipinski definition) is 0. The Hall–Kier alpha value is -1.07. The summed E-state index contributed by atoms with van der Waals surface area (Å²) in [6.45, 7) is 1.64. The predicted molar refractivity (Wildman–Crippen MR) is 103 cm³/mol. The standard InChI is InChI=1S/C22H24O3S.Na/c1-14(22(24)25)16-6-7-17(12-18-4-3-5-21(18)23)20(13-16)15-8-10-19(26-2)11-9-15;/h6-11,13-14,18H,3-5,12H2,1-2H3,(H,24,25);/q;+1/p-1. The van der Waals surface area contributed by atoms with E-state index in [1.807, 2.05) is 24.5 Å². The number of carbonyl (C=O) groups excluding carboxylic acids is 2. The third-order valence-corrected chi connectivity index (χ3v) is 6.03. The van der Waals surface area contributed by atoms with Crippen molar-refractivity contribution in [2.45, 2.75) is 43.4 Å². The van der Waals surface area contributed by atoms with E-state index in [-0.39, 0.29) is 35.5 Å². The molecule has 3 rings (SSSR count). The fourth-order valence-electron chi connectivity index (χ4n) is 3.59. The number of carboxylic acids is 1. The molecular weight excluding hydrogens is 367 g/mol. The molecule has 3 nitrogen and oxygen atoms in total. The number of carboxylic acid groups (broad SMARTS) is 1. The maximum Gasteiger partial charge on any atom is 1.00 e. The molecule has 0 N–H and O–H groups in total. The number of carbonyl (C=O) groups is 2. The van der Waals surface area contributed by atoms with Crippen molar-refractivity contribution in [2.75, 3.05) is 6.26 Å². The van der Waals surface area contributed by atoms with Gasteiger partial charge >= 0.3 is 29.6 Å². The zero-order valence-electron chi connectivity index (χ0n) is 16.2. The van der Waals surface area contributed by atoms with Gasteiger partial charge in [0.1, 0.15) is 5.78 Å². The van der Waals surface area contributed by atoms with Gasteiger partial charge in [-0.25, -0.2) is 0 Å². The fourth-order valence-corrected chi connectivity index (χ4v) is 3.99. The zero-order valence-corrected chi connectivity index (χ0v) is 19.0. The summed E-state index contributed by atoms with van der Waals surface area (Å²) >= 11 is 1.68. The van der Waals surface area contributed by atoms with Crippen molar-refractivity contribution in [3.05, 3.63) is 53.6 Å². The van der Waals surface area contributed by atoms with Crippen LogP contribution in [0.3, 0.4) is 0 Å². The number of thioether (sulfide) groups is 1. The fraction of sp³-hybridized carbons (Fsp3) is 0.364. The smallest absolute Gasteiger partial charge is 0.550 e. The molecule has 5 heteroatoms. The minimum Gasteiger partial charge on any atom is -0.550 e. The molecular formula is C22H23NaO3S. The van der Waals surface area contributed by atoms with Gasteiger partial charge in [0, 0.05) is 29.1 Å². The molecule has 0 aliphatic heterocycles. The second-order valence-electron chi connectivity index (χ2n) is 6.95. The van der Waals surface area contributed by atoms with Gasteiger partial charge in [-0.15, -0.1) is 11.8 Å². The van der Waals surface area contributed by atoms with Gasteiger partial charge in [0.15, 0.2) is 0 Å². The molecule has 0 saturated heterocycles. The summed E-state index contributed by atoms with van der Waals surface area (Å²) in [5.41, 5.74) is 3.91. The molecule has 2 atom stereocenters. The molecule has 2 unspecified atom stereocenters. The van der Waals surface area contributed by atoms with E-state index in [9.17, 15) is 14.7 Å². The molecule has 2 aromatic carbocycles. The van der Waals surface area contributed by atoms with Crippen LogP contribution in [-0.4, -0.2) is 18.0 Å². The Morgan fingerprint density at radius 1 is 1.22 bits per heavy atom. The van der Waals surface area contributed by atoms with Crippen molar-refractivity contribution in [2.24, 2.45) is 5.92 Å². The quantitative estimate of drug-likeness (QED) is 0.542. The van der Waals surface area contributed by atoms with E-state index in [0.29, 0.717) is 12.2 Å². The first-order chi connectivity index (χ1) is 12.5. The number of Topliss-reactive ketones (excluding diaryl/α,β-unsaturated/α-hetero) is 1. The summed E-state index contributed by atoms with van der Waals surface area (Å²) in [4.78, 5) is 24.5. The van der Waals surface area contributed by atoms with E-state index in [1.165, 1.54) is 4.90 Å². The molecule has 0 aromatic heterocycles. The maximum atomic E-state index is 12.1. The van der Waals surface area contributed by atoms with Crippen LogP contribution in [0.4, 0.5) is 0 Å². The van der Waals surface area contributed by atoms with Gasteiger partial charge in [-0.2, -0.15) is 0 Å². The largest absolute Gasteiger partial charge is 1.00 e. The first-order valence-electron chi connectivity index (χ1n) is 9.00. The summed E-state index contributed by atoms with van der Waals surface area (Å²) in [6.07, 6.45) is 5.36. The summed E-state index contributed by atoms with van der Waals surface area (Å²) in [6, 6.07) is 14.1. The van der Waals surface area contributed by atoms with E-state index in [1.54, 1.807) is 18.7 Å². The van der Waals surface area contributed by atoms with Gasteiger partial charge in [0.2, 0.25) is 0 Å². The minimum absolute atomic E-state index is 0. The predicted octanol–water partition coefficient (Wildman–Crippen LogP) is 0.845. The average Bonchev–Trinajstić information content (AvgIpc) is 3.06. The van der Waals surface area contributed by atoms with Crippen molar-refractivity contribution < 1.29 is 44.3 Å². The van der Waals surface area contributed by atoms with E-state index >= 15 is 0 Å². The molecule has 27 heavy (non-hydrogen) atoms. The van der Waals surface area contributed by atoms with Crippen LogP contribution in [0.15, 0.2) is 47.4 Å². The first-order valence-corrected chi connectivity index (χ1v) is 10.2. The summed E-state index contributed by atoms with van der Waals surface area (Å²) in [7, 11) is 0. The van der Waals surface area contributed by atoms with Crippen LogP contribution in [0.25, 0.3) is 11.1 Å². The molecule has 136 valence electrons. The molecule has 0 heterocycles. The second-order valence-corrected chi connectivity index (χ2v) is 7.83. The Labute approximate surface area is 187 Å². The monoisotopic (exact) mass is 390 g/mol. The third-order valence-electron chi connectivity index (χ3n) is 5.29. The maximum absolute atomic E-state index is 12.1. The van der Waals surface area contributed by atoms with Crippen LogP contribution < -0.4 is 34.7 Å². The summed E-state index contributed by atoms with van der Waals surface area (Å²) < 4.78 is 0. The second kappa shape index (κ2) is 9.92. The number of ketones is 1. The van der Waals surface area contributed by atoms with Crippen LogP contribution in [0, 0.1) is 5.92 Å². The minimum atomic E-state index is -1.08.